The van der Waals surface area contributed by atoms with E-state index < -0.39 is 0 Å². The number of amides is 1. The molecular formula is C17H26N2O. The minimum Gasteiger partial charge on any atom is -0.398 e. The van der Waals surface area contributed by atoms with Crippen LogP contribution in [0.25, 0.3) is 0 Å². The molecule has 1 fully saturated rings. The van der Waals surface area contributed by atoms with Crippen molar-refractivity contribution in [3.05, 3.63) is 29.3 Å². The summed E-state index contributed by atoms with van der Waals surface area (Å²) in [5, 5.41) is 3.15. The first-order valence-electron chi connectivity index (χ1n) is 7.75. The van der Waals surface area contributed by atoms with Crippen molar-refractivity contribution in [1.82, 2.24) is 5.32 Å². The SMILES string of the molecule is Cc1ccc(C(=O)N[C@@H](C)C2CCCCCC2)cc1N. The first kappa shape index (κ1) is 14.9. The van der Waals surface area contributed by atoms with Crippen LogP contribution in [0.4, 0.5) is 5.69 Å². The van der Waals surface area contributed by atoms with Crippen molar-refractivity contribution in [3.8, 4) is 0 Å². The molecule has 1 atom stereocenters. The Hall–Kier alpha value is -1.51. The molecule has 1 saturated carbocycles. The number of nitrogen functional groups attached to an aromatic ring is 1. The van der Waals surface area contributed by atoms with Gasteiger partial charge in [-0.1, -0.05) is 31.7 Å². The number of nitrogens with one attached hydrogen (secondary N) is 1. The Morgan fingerprint density at radius 1 is 1.25 bits per heavy atom. The third kappa shape index (κ3) is 3.75. The molecule has 3 N–H and O–H groups in total. The van der Waals surface area contributed by atoms with Crippen LogP contribution in [0.5, 0.6) is 0 Å². The van der Waals surface area contributed by atoms with E-state index in [0.717, 1.165) is 5.56 Å². The normalized spacial score (nSPS) is 18.3. The molecule has 3 heteroatoms. The molecule has 0 aliphatic heterocycles. The third-order valence-electron chi connectivity index (χ3n) is 4.51. The van der Waals surface area contributed by atoms with Crippen LogP contribution in [0.15, 0.2) is 18.2 Å². The molecule has 2 rings (SSSR count). The zero-order chi connectivity index (χ0) is 14.5. The second-order valence-electron chi connectivity index (χ2n) is 6.09. The molecule has 1 aromatic carbocycles. The van der Waals surface area contributed by atoms with E-state index in [9.17, 15) is 4.79 Å². The van der Waals surface area contributed by atoms with E-state index in [1.807, 2.05) is 19.1 Å². The molecule has 0 heterocycles. The lowest BCUT2D eigenvalue weighted by molar-refractivity contribution is 0.0924. The van der Waals surface area contributed by atoms with Crippen molar-refractivity contribution in [3.63, 3.8) is 0 Å². The van der Waals surface area contributed by atoms with Gasteiger partial charge in [-0.15, -0.1) is 0 Å². The number of nitrogens with two attached hydrogens (primary N) is 1. The van der Waals surface area contributed by atoms with Crippen molar-refractivity contribution in [2.24, 2.45) is 5.92 Å². The van der Waals surface area contributed by atoms with Crippen molar-refractivity contribution in [2.75, 3.05) is 5.73 Å². The quantitative estimate of drug-likeness (QED) is 0.652. The molecule has 0 saturated heterocycles. The molecule has 110 valence electrons. The van der Waals surface area contributed by atoms with Gasteiger partial charge in [-0.25, -0.2) is 0 Å². The lowest BCUT2D eigenvalue weighted by atomic mass is 9.93. The van der Waals surface area contributed by atoms with Crippen LogP contribution in [0.1, 0.15) is 61.4 Å². The number of hydrogen-bond donors (Lipinski definition) is 2. The van der Waals surface area contributed by atoms with Gasteiger partial charge in [0, 0.05) is 17.3 Å². The number of carbonyl (C=O) groups excluding carboxylic acids is 1. The minimum atomic E-state index is -0.00607. The fraction of sp³-hybridized carbons (Fsp3) is 0.588. The van der Waals surface area contributed by atoms with E-state index in [0.29, 0.717) is 17.2 Å². The van der Waals surface area contributed by atoms with Gasteiger partial charge in [0.1, 0.15) is 0 Å². The molecule has 0 radical (unpaired) electrons. The molecule has 3 nitrogen and oxygen atoms in total. The fourth-order valence-corrected chi connectivity index (χ4v) is 3.00. The standard InChI is InChI=1S/C17H26N2O/c1-12-9-10-15(11-16(12)18)17(20)19-13(2)14-7-5-3-4-6-8-14/h9-11,13-14H,3-8,18H2,1-2H3,(H,19,20)/t13-/m0/s1. The maximum atomic E-state index is 12.3. The minimum absolute atomic E-state index is 0.00607. The van der Waals surface area contributed by atoms with Crippen LogP contribution < -0.4 is 11.1 Å². The van der Waals surface area contributed by atoms with Gasteiger partial charge < -0.3 is 11.1 Å². The number of anilines is 1. The Bertz CT molecular complexity index is 462. The summed E-state index contributed by atoms with van der Waals surface area (Å²) in [6.45, 7) is 4.08. The Balaban J connectivity index is 1.97. The van der Waals surface area contributed by atoms with Gasteiger partial charge in [-0.3, -0.25) is 4.79 Å². The predicted molar refractivity (Wildman–Crippen MR) is 83.7 cm³/mol. The van der Waals surface area contributed by atoms with Crippen LogP contribution in [0.3, 0.4) is 0 Å². The molecule has 0 unspecified atom stereocenters. The average Bonchev–Trinajstić information content (AvgIpc) is 2.70. The van der Waals surface area contributed by atoms with Gasteiger partial charge in [-0.2, -0.15) is 0 Å². The molecule has 1 aromatic rings. The molecule has 20 heavy (non-hydrogen) atoms. The van der Waals surface area contributed by atoms with Gasteiger partial charge >= 0.3 is 0 Å². The molecule has 1 aliphatic carbocycles. The van der Waals surface area contributed by atoms with Crippen LogP contribution in [0, 0.1) is 12.8 Å². The summed E-state index contributed by atoms with van der Waals surface area (Å²) in [6, 6.07) is 5.76. The van der Waals surface area contributed by atoms with Gasteiger partial charge in [-0.05, 0) is 50.3 Å². The van der Waals surface area contributed by atoms with E-state index in [2.05, 4.69) is 12.2 Å². The van der Waals surface area contributed by atoms with E-state index in [1.54, 1.807) is 6.07 Å². The molecule has 0 bridgehead atoms. The fourth-order valence-electron chi connectivity index (χ4n) is 3.00. The highest BCUT2D eigenvalue weighted by Crippen LogP contribution is 2.25. The van der Waals surface area contributed by atoms with Crippen LogP contribution in [-0.4, -0.2) is 11.9 Å². The molecule has 1 amide bonds. The smallest absolute Gasteiger partial charge is 0.251 e. The lowest BCUT2D eigenvalue weighted by Crippen LogP contribution is -2.38. The summed E-state index contributed by atoms with van der Waals surface area (Å²) in [7, 11) is 0. The van der Waals surface area contributed by atoms with Gasteiger partial charge in [0.2, 0.25) is 0 Å². The first-order valence-corrected chi connectivity index (χ1v) is 7.75. The van der Waals surface area contributed by atoms with Gasteiger partial charge in [0.15, 0.2) is 0 Å². The molecule has 0 aromatic heterocycles. The van der Waals surface area contributed by atoms with Crippen molar-refractivity contribution in [2.45, 2.75) is 58.4 Å². The Kier molecular flexibility index (Phi) is 5.05. The van der Waals surface area contributed by atoms with E-state index in [1.165, 1.54) is 38.5 Å². The number of carbonyl (C=O) groups is 1. The molecule has 1 aliphatic rings. The van der Waals surface area contributed by atoms with E-state index >= 15 is 0 Å². The average molecular weight is 274 g/mol. The number of hydrogen-bond acceptors (Lipinski definition) is 2. The largest absolute Gasteiger partial charge is 0.398 e. The highest BCUT2D eigenvalue weighted by Gasteiger charge is 2.21. The van der Waals surface area contributed by atoms with Gasteiger partial charge in [0.25, 0.3) is 5.91 Å². The van der Waals surface area contributed by atoms with E-state index in [-0.39, 0.29) is 11.9 Å². The summed E-state index contributed by atoms with van der Waals surface area (Å²) < 4.78 is 0. The zero-order valence-electron chi connectivity index (χ0n) is 12.6. The number of benzene rings is 1. The Labute approximate surface area is 121 Å². The summed E-state index contributed by atoms with van der Waals surface area (Å²) in [5.74, 6) is 0.609. The maximum Gasteiger partial charge on any atom is 0.251 e. The lowest BCUT2D eigenvalue weighted by Gasteiger charge is -2.23. The maximum absolute atomic E-state index is 12.3. The van der Waals surface area contributed by atoms with E-state index in [4.69, 9.17) is 5.73 Å². The van der Waals surface area contributed by atoms with Crippen molar-refractivity contribution < 1.29 is 4.79 Å². The van der Waals surface area contributed by atoms with Gasteiger partial charge in [0.05, 0.1) is 0 Å². The van der Waals surface area contributed by atoms with Crippen molar-refractivity contribution in [1.29, 1.82) is 0 Å². The van der Waals surface area contributed by atoms with Crippen LogP contribution >= 0.6 is 0 Å². The topological polar surface area (TPSA) is 55.1 Å². The molecule has 0 spiro atoms. The first-order chi connectivity index (χ1) is 9.58. The molecular weight excluding hydrogens is 248 g/mol. The monoisotopic (exact) mass is 274 g/mol. The highest BCUT2D eigenvalue weighted by molar-refractivity contribution is 5.95. The van der Waals surface area contributed by atoms with Crippen LogP contribution in [0.2, 0.25) is 0 Å². The number of rotatable bonds is 3. The van der Waals surface area contributed by atoms with Crippen molar-refractivity contribution >= 4 is 11.6 Å². The zero-order valence-corrected chi connectivity index (χ0v) is 12.6. The Morgan fingerprint density at radius 2 is 1.90 bits per heavy atom. The predicted octanol–water partition coefficient (Wildman–Crippen LogP) is 3.67. The summed E-state index contributed by atoms with van der Waals surface area (Å²) in [6.07, 6.45) is 7.73. The second kappa shape index (κ2) is 6.78. The summed E-state index contributed by atoms with van der Waals surface area (Å²) >= 11 is 0. The second-order valence-corrected chi connectivity index (χ2v) is 6.09. The number of aryl methyl sites for hydroxylation is 1. The highest BCUT2D eigenvalue weighted by atomic mass is 16.1. The third-order valence-corrected chi connectivity index (χ3v) is 4.51. The summed E-state index contributed by atoms with van der Waals surface area (Å²) in [4.78, 5) is 12.3. The Morgan fingerprint density at radius 3 is 2.50 bits per heavy atom. The van der Waals surface area contributed by atoms with Crippen LogP contribution in [-0.2, 0) is 0 Å². The summed E-state index contributed by atoms with van der Waals surface area (Å²) in [5.41, 5.74) is 8.23.